The summed E-state index contributed by atoms with van der Waals surface area (Å²) in [5.41, 5.74) is 0. The maximum absolute atomic E-state index is 12.4. The van der Waals surface area contributed by atoms with E-state index >= 15 is 0 Å². The zero-order valence-corrected chi connectivity index (χ0v) is 27.0. The first-order chi connectivity index (χ1) is 20.5. The molecule has 0 heterocycles. The first kappa shape index (κ1) is 39.4. The van der Waals surface area contributed by atoms with Crippen molar-refractivity contribution in [2.75, 3.05) is 13.2 Å². The zero-order chi connectivity index (χ0) is 32.1. The van der Waals surface area contributed by atoms with Crippen molar-refractivity contribution in [3.05, 3.63) is 12.2 Å². The molecule has 0 aromatic carbocycles. The van der Waals surface area contributed by atoms with E-state index in [0.717, 1.165) is 64.2 Å². The van der Waals surface area contributed by atoms with Crippen molar-refractivity contribution < 1.29 is 52.9 Å². The zero-order valence-electron chi connectivity index (χ0n) is 26.1. The number of aliphatic hydroxyl groups excluding tert-OH is 2. The molecular formula is C31H55O11P. The van der Waals surface area contributed by atoms with Crippen molar-refractivity contribution in [2.24, 2.45) is 11.8 Å². The van der Waals surface area contributed by atoms with Crippen LogP contribution in [-0.4, -0.2) is 69.2 Å². The number of aliphatic hydroxyl groups is 2. The molecule has 1 saturated carbocycles. The highest BCUT2D eigenvalue weighted by atomic mass is 31.2. The molecule has 0 saturated heterocycles. The lowest BCUT2D eigenvalue weighted by Gasteiger charge is -2.19. The molecule has 250 valence electrons. The fraction of sp³-hybridized carbons (Fsp3) is 0.839. The maximum atomic E-state index is 12.4. The lowest BCUT2D eigenvalue weighted by molar-refractivity contribution is -0.161. The second kappa shape index (κ2) is 22.8. The van der Waals surface area contributed by atoms with E-state index in [2.05, 4.69) is 18.4 Å². The molecule has 43 heavy (non-hydrogen) atoms. The highest BCUT2D eigenvalue weighted by molar-refractivity contribution is 7.46. The first-order valence-corrected chi connectivity index (χ1v) is 17.6. The van der Waals surface area contributed by atoms with E-state index in [1.807, 2.05) is 0 Å². The Morgan fingerprint density at radius 2 is 1.51 bits per heavy atom. The van der Waals surface area contributed by atoms with Crippen LogP contribution in [0.5, 0.6) is 0 Å². The normalized spacial score (nSPS) is 20.4. The average Bonchev–Trinajstić information content (AvgIpc) is 3.21. The van der Waals surface area contributed by atoms with E-state index in [1.165, 1.54) is 0 Å². The molecule has 1 aliphatic rings. The van der Waals surface area contributed by atoms with Crippen molar-refractivity contribution >= 4 is 25.5 Å². The molecule has 0 radical (unpaired) electrons. The Morgan fingerprint density at radius 3 is 2.16 bits per heavy atom. The number of ketones is 1. The van der Waals surface area contributed by atoms with Gasteiger partial charge in [-0.3, -0.25) is 18.9 Å². The average molecular weight is 635 g/mol. The molecule has 1 fully saturated rings. The van der Waals surface area contributed by atoms with Crippen LogP contribution in [0, 0.1) is 11.8 Å². The number of rotatable bonds is 25. The summed E-state index contributed by atoms with van der Waals surface area (Å²) in [5.74, 6) is -1.62. The summed E-state index contributed by atoms with van der Waals surface area (Å²) >= 11 is 0. The van der Waals surface area contributed by atoms with Crippen LogP contribution in [-0.2, 0) is 32.9 Å². The number of Topliss-reactive ketones (excluding diaryl/α,β-unsaturated/α-hetero) is 1. The van der Waals surface area contributed by atoms with Crippen LogP contribution in [0.4, 0.5) is 0 Å². The van der Waals surface area contributed by atoms with Crippen LogP contribution in [0.15, 0.2) is 12.2 Å². The molecule has 12 heteroatoms. The van der Waals surface area contributed by atoms with Crippen LogP contribution in [0.25, 0.3) is 0 Å². The quantitative estimate of drug-likeness (QED) is 0.0443. The summed E-state index contributed by atoms with van der Waals surface area (Å²) in [6, 6.07) is 0. The van der Waals surface area contributed by atoms with Gasteiger partial charge in [-0.1, -0.05) is 90.2 Å². The van der Waals surface area contributed by atoms with E-state index in [4.69, 9.17) is 19.3 Å². The fourth-order valence-electron chi connectivity index (χ4n) is 5.22. The van der Waals surface area contributed by atoms with E-state index in [0.29, 0.717) is 25.7 Å². The van der Waals surface area contributed by atoms with Gasteiger partial charge < -0.3 is 29.5 Å². The third-order valence-electron chi connectivity index (χ3n) is 7.69. The van der Waals surface area contributed by atoms with Gasteiger partial charge in [-0.15, -0.1) is 0 Å². The molecule has 1 aliphatic carbocycles. The molecule has 4 N–H and O–H groups in total. The van der Waals surface area contributed by atoms with Gasteiger partial charge in [-0.2, -0.15) is 0 Å². The fourth-order valence-corrected chi connectivity index (χ4v) is 5.58. The van der Waals surface area contributed by atoms with E-state index in [-0.39, 0.29) is 43.5 Å². The standard InChI is InChI=1S/C31H55O11P/c1-3-5-7-8-14-18-31(36)42-25(23-41-43(37,38)39)22-40-30(35)17-13-10-9-12-16-26-27(29(34)21-28(26)33)20-19-24(32)15-11-6-4-2/h19-20,24-28,32-33H,3-18,21-23H2,1-2H3,(H2,37,38,39)/b20-19+/t24-,25+,26+,27+,28-/m0/s1. The molecule has 0 bridgehead atoms. The molecule has 5 atom stereocenters. The highest BCUT2D eigenvalue weighted by Gasteiger charge is 2.39. The van der Waals surface area contributed by atoms with Gasteiger partial charge in [-0.05, 0) is 31.6 Å². The molecule has 0 amide bonds. The van der Waals surface area contributed by atoms with Crippen LogP contribution < -0.4 is 0 Å². The summed E-state index contributed by atoms with van der Waals surface area (Å²) in [5, 5.41) is 20.6. The van der Waals surface area contributed by atoms with Gasteiger partial charge in [0.1, 0.15) is 12.4 Å². The van der Waals surface area contributed by atoms with Gasteiger partial charge in [0, 0.05) is 25.2 Å². The van der Waals surface area contributed by atoms with Crippen LogP contribution in [0.2, 0.25) is 0 Å². The van der Waals surface area contributed by atoms with Gasteiger partial charge >= 0.3 is 19.8 Å². The SMILES string of the molecule is CCCCCCCC(=O)O[C@H](COC(=O)CCCCCC[C@H]1[C@@H](O)CC(=O)[C@@H]1/C=C/[C@@H](O)CCCCC)COP(=O)(O)O. The largest absolute Gasteiger partial charge is 0.469 e. The maximum Gasteiger partial charge on any atom is 0.469 e. The third-order valence-corrected chi connectivity index (χ3v) is 8.18. The second-order valence-electron chi connectivity index (χ2n) is 11.6. The van der Waals surface area contributed by atoms with Gasteiger partial charge in [0.15, 0.2) is 6.10 Å². The number of hydrogen-bond acceptors (Lipinski definition) is 9. The Kier molecular flexibility index (Phi) is 20.9. The number of phosphoric ester groups is 1. The summed E-state index contributed by atoms with van der Waals surface area (Å²) in [7, 11) is -4.79. The highest BCUT2D eigenvalue weighted by Crippen LogP contribution is 2.36. The van der Waals surface area contributed by atoms with Crippen molar-refractivity contribution in [1.29, 1.82) is 0 Å². The van der Waals surface area contributed by atoms with Crippen molar-refractivity contribution in [2.45, 2.75) is 141 Å². The second-order valence-corrected chi connectivity index (χ2v) is 12.8. The minimum Gasteiger partial charge on any atom is -0.462 e. The van der Waals surface area contributed by atoms with Crippen LogP contribution in [0.1, 0.15) is 123 Å². The van der Waals surface area contributed by atoms with Gasteiger partial charge in [-0.25, -0.2) is 4.57 Å². The monoisotopic (exact) mass is 634 g/mol. The predicted molar refractivity (Wildman–Crippen MR) is 162 cm³/mol. The molecule has 0 aromatic rings. The number of hydrogen-bond donors (Lipinski definition) is 4. The van der Waals surface area contributed by atoms with Gasteiger partial charge in [0.05, 0.1) is 18.8 Å². The lowest BCUT2D eigenvalue weighted by atomic mass is 9.88. The molecular weight excluding hydrogens is 579 g/mol. The minimum absolute atomic E-state index is 0.000551. The number of ether oxygens (including phenoxy) is 2. The predicted octanol–water partition coefficient (Wildman–Crippen LogP) is 5.32. The lowest BCUT2D eigenvalue weighted by Crippen LogP contribution is -2.29. The Hall–Kier alpha value is -1.62. The summed E-state index contributed by atoms with van der Waals surface area (Å²) in [4.78, 5) is 54.7. The Bertz CT molecular complexity index is 872. The molecule has 0 aromatic heterocycles. The van der Waals surface area contributed by atoms with Gasteiger partial charge in [0.2, 0.25) is 0 Å². The Balaban J connectivity index is 2.37. The van der Waals surface area contributed by atoms with E-state index < -0.39 is 44.7 Å². The van der Waals surface area contributed by atoms with Crippen LogP contribution in [0.3, 0.4) is 0 Å². The third kappa shape index (κ3) is 19.4. The van der Waals surface area contributed by atoms with Crippen molar-refractivity contribution in [1.82, 2.24) is 0 Å². The molecule has 11 nitrogen and oxygen atoms in total. The number of unbranched alkanes of at least 4 members (excludes halogenated alkanes) is 9. The van der Waals surface area contributed by atoms with Crippen molar-refractivity contribution in [3.8, 4) is 0 Å². The Morgan fingerprint density at radius 1 is 0.907 bits per heavy atom. The first-order valence-electron chi connectivity index (χ1n) is 16.1. The minimum atomic E-state index is -4.79. The van der Waals surface area contributed by atoms with E-state index in [1.54, 1.807) is 12.2 Å². The van der Waals surface area contributed by atoms with E-state index in [9.17, 15) is 29.2 Å². The topological polar surface area (TPSA) is 177 Å². The molecule has 0 unspecified atom stereocenters. The number of allylic oxidation sites excluding steroid dienone is 1. The summed E-state index contributed by atoms with van der Waals surface area (Å²) < 4.78 is 26.0. The van der Waals surface area contributed by atoms with Crippen LogP contribution >= 0.6 is 7.82 Å². The molecule has 0 spiro atoms. The number of carbonyl (C=O) groups excluding carboxylic acids is 3. The molecule has 1 rings (SSSR count). The van der Waals surface area contributed by atoms with Crippen molar-refractivity contribution in [3.63, 3.8) is 0 Å². The number of esters is 2. The number of phosphoric acid groups is 1. The number of carbonyl (C=O) groups is 3. The summed E-state index contributed by atoms with van der Waals surface area (Å²) in [6.45, 7) is 3.23. The summed E-state index contributed by atoms with van der Waals surface area (Å²) in [6.07, 6.45) is 13.4. The molecule has 0 aliphatic heterocycles. The van der Waals surface area contributed by atoms with Gasteiger partial charge in [0.25, 0.3) is 0 Å². The smallest absolute Gasteiger partial charge is 0.462 e. The Labute approximate surface area is 257 Å².